The van der Waals surface area contributed by atoms with Crippen molar-refractivity contribution in [2.75, 3.05) is 32.7 Å². The average Bonchev–Trinajstić information content (AvgIpc) is 2.96. The van der Waals surface area contributed by atoms with Gasteiger partial charge in [0.2, 0.25) is 0 Å². The van der Waals surface area contributed by atoms with E-state index < -0.39 is 0 Å². The van der Waals surface area contributed by atoms with Gasteiger partial charge in [-0.05, 0) is 37.8 Å². The van der Waals surface area contributed by atoms with Gasteiger partial charge in [-0.1, -0.05) is 0 Å². The fourth-order valence-electron chi connectivity index (χ4n) is 2.37. The highest BCUT2D eigenvalue weighted by molar-refractivity contribution is 5.59. The van der Waals surface area contributed by atoms with E-state index in [0.717, 1.165) is 43.2 Å². The van der Waals surface area contributed by atoms with Gasteiger partial charge < -0.3 is 19.5 Å². The smallest absolute Gasteiger partial charge is 0.145 e. The fourth-order valence-corrected chi connectivity index (χ4v) is 2.37. The molecule has 1 atom stereocenters. The van der Waals surface area contributed by atoms with E-state index >= 15 is 0 Å². The van der Waals surface area contributed by atoms with Crippen LogP contribution in [0.15, 0.2) is 18.2 Å². The van der Waals surface area contributed by atoms with Crippen molar-refractivity contribution >= 4 is 5.69 Å². The van der Waals surface area contributed by atoms with E-state index in [-0.39, 0.29) is 0 Å². The van der Waals surface area contributed by atoms with Crippen molar-refractivity contribution < 1.29 is 14.2 Å². The lowest BCUT2D eigenvalue weighted by Crippen LogP contribution is -2.09. The molecule has 1 aliphatic heterocycles. The summed E-state index contributed by atoms with van der Waals surface area (Å²) in [5, 5.41) is 3.40. The first-order valence-electron chi connectivity index (χ1n) is 6.91. The van der Waals surface area contributed by atoms with Gasteiger partial charge in [-0.25, -0.2) is 0 Å². The molecule has 1 N–H and O–H groups in total. The van der Waals surface area contributed by atoms with Crippen molar-refractivity contribution in [3.63, 3.8) is 0 Å². The standard InChI is InChI=1S/C15H23NO3/c1-17-13-7-8-14(15(11-13)18-2)16-9-3-5-12-6-4-10-19-12/h7-8,11-12,16H,3-6,9-10H2,1-2H3. The number of benzene rings is 1. The van der Waals surface area contributed by atoms with Crippen molar-refractivity contribution in [3.05, 3.63) is 18.2 Å². The molecular weight excluding hydrogens is 242 g/mol. The molecule has 1 heterocycles. The van der Waals surface area contributed by atoms with E-state index in [1.807, 2.05) is 18.2 Å². The third-order valence-corrected chi connectivity index (χ3v) is 3.45. The first kappa shape index (κ1) is 14.0. The lowest BCUT2D eigenvalue weighted by atomic mass is 10.1. The first-order valence-corrected chi connectivity index (χ1v) is 6.91. The van der Waals surface area contributed by atoms with Crippen molar-refractivity contribution in [1.82, 2.24) is 0 Å². The molecule has 2 rings (SSSR count). The maximum Gasteiger partial charge on any atom is 0.145 e. The Labute approximate surface area is 115 Å². The van der Waals surface area contributed by atoms with Crippen LogP contribution in [0.3, 0.4) is 0 Å². The zero-order valence-corrected chi connectivity index (χ0v) is 11.8. The molecule has 0 spiro atoms. The number of ether oxygens (including phenoxy) is 3. The van der Waals surface area contributed by atoms with Gasteiger partial charge in [0.05, 0.1) is 26.0 Å². The summed E-state index contributed by atoms with van der Waals surface area (Å²) in [5.74, 6) is 1.62. The summed E-state index contributed by atoms with van der Waals surface area (Å²) in [6.07, 6.45) is 5.14. The summed E-state index contributed by atoms with van der Waals surface area (Å²) >= 11 is 0. The summed E-state index contributed by atoms with van der Waals surface area (Å²) in [4.78, 5) is 0. The molecule has 4 nitrogen and oxygen atoms in total. The highest BCUT2D eigenvalue weighted by Crippen LogP contribution is 2.29. The number of hydrogen-bond acceptors (Lipinski definition) is 4. The first-order chi connectivity index (χ1) is 9.33. The van der Waals surface area contributed by atoms with E-state index in [2.05, 4.69) is 5.32 Å². The molecule has 0 aliphatic carbocycles. The number of nitrogens with one attached hydrogen (secondary N) is 1. The Morgan fingerprint density at radius 3 is 2.89 bits per heavy atom. The van der Waals surface area contributed by atoms with Crippen LogP contribution in [-0.4, -0.2) is 33.5 Å². The second-order valence-corrected chi connectivity index (χ2v) is 4.77. The van der Waals surface area contributed by atoms with Gasteiger partial charge in [-0.15, -0.1) is 0 Å². The summed E-state index contributed by atoms with van der Waals surface area (Å²) in [6, 6.07) is 5.82. The van der Waals surface area contributed by atoms with Gasteiger partial charge in [-0.3, -0.25) is 0 Å². The van der Waals surface area contributed by atoms with Crippen molar-refractivity contribution in [2.45, 2.75) is 31.8 Å². The number of anilines is 1. The van der Waals surface area contributed by atoms with Crippen LogP contribution in [0.2, 0.25) is 0 Å². The van der Waals surface area contributed by atoms with Crippen LogP contribution < -0.4 is 14.8 Å². The molecule has 1 saturated heterocycles. The molecule has 0 radical (unpaired) electrons. The zero-order valence-electron chi connectivity index (χ0n) is 11.8. The third-order valence-electron chi connectivity index (χ3n) is 3.45. The summed E-state index contributed by atoms with van der Waals surface area (Å²) < 4.78 is 16.1. The van der Waals surface area contributed by atoms with E-state index in [1.165, 1.54) is 12.8 Å². The van der Waals surface area contributed by atoms with Gasteiger partial charge in [0.25, 0.3) is 0 Å². The predicted octanol–water partition coefficient (Wildman–Crippen LogP) is 3.07. The van der Waals surface area contributed by atoms with Crippen LogP contribution in [0.25, 0.3) is 0 Å². The van der Waals surface area contributed by atoms with Crippen molar-refractivity contribution in [2.24, 2.45) is 0 Å². The summed E-state index contributed by atoms with van der Waals surface area (Å²) in [7, 11) is 3.33. The number of hydrogen-bond donors (Lipinski definition) is 1. The zero-order chi connectivity index (χ0) is 13.5. The normalized spacial score (nSPS) is 18.3. The Hall–Kier alpha value is -1.42. The predicted molar refractivity (Wildman–Crippen MR) is 76.2 cm³/mol. The van der Waals surface area contributed by atoms with Gasteiger partial charge in [0.1, 0.15) is 11.5 Å². The van der Waals surface area contributed by atoms with E-state index in [9.17, 15) is 0 Å². The molecule has 1 aromatic rings. The Morgan fingerprint density at radius 2 is 2.21 bits per heavy atom. The van der Waals surface area contributed by atoms with Crippen LogP contribution in [0.1, 0.15) is 25.7 Å². The van der Waals surface area contributed by atoms with Gasteiger partial charge in [0, 0.05) is 19.2 Å². The SMILES string of the molecule is COc1ccc(NCCCC2CCCO2)c(OC)c1. The third kappa shape index (κ3) is 4.03. The topological polar surface area (TPSA) is 39.7 Å². The largest absolute Gasteiger partial charge is 0.497 e. The molecule has 0 amide bonds. The highest BCUT2D eigenvalue weighted by Gasteiger charge is 2.14. The molecule has 1 unspecified atom stereocenters. The molecule has 1 aromatic carbocycles. The Bertz CT molecular complexity index is 389. The van der Waals surface area contributed by atoms with Crippen LogP contribution in [-0.2, 0) is 4.74 Å². The monoisotopic (exact) mass is 265 g/mol. The summed E-state index contributed by atoms with van der Waals surface area (Å²) in [5.41, 5.74) is 1.01. The maximum atomic E-state index is 5.61. The molecule has 0 saturated carbocycles. The molecular formula is C15H23NO3. The Kier molecular flexibility index (Phi) is 5.33. The molecule has 106 valence electrons. The van der Waals surface area contributed by atoms with E-state index in [4.69, 9.17) is 14.2 Å². The van der Waals surface area contributed by atoms with Gasteiger partial charge in [0.15, 0.2) is 0 Å². The van der Waals surface area contributed by atoms with E-state index in [1.54, 1.807) is 14.2 Å². The van der Waals surface area contributed by atoms with Gasteiger partial charge >= 0.3 is 0 Å². The van der Waals surface area contributed by atoms with Crippen LogP contribution in [0.4, 0.5) is 5.69 Å². The average molecular weight is 265 g/mol. The lowest BCUT2D eigenvalue weighted by molar-refractivity contribution is 0.103. The molecule has 19 heavy (non-hydrogen) atoms. The molecule has 1 aliphatic rings. The van der Waals surface area contributed by atoms with Crippen molar-refractivity contribution in [3.8, 4) is 11.5 Å². The molecule has 4 heteroatoms. The maximum absolute atomic E-state index is 5.61. The Balaban J connectivity index is 1.78. The Morgan fingerprint density at radius 1 is 1.32 bits per heavy atom. The quantitative estimate of drug-likeness (QED) is 0.769. The van der Waals surface area contributed by atoms with E-state index in [0.29, 0.717) is 6.10 Å². The molecule has 1 fully saturated rings. The van der Waals surface area contributed by atoms with Crippen LogP contribution >= 0.6 is 0 Å². The minimum atomic E-state index is 0.472. The fraction of sp³-hybridized carbons (Fsp3) is 0.600. The molecule has 0 aromatic heterocycles. The highest BCUT2D eigenvalue weighted by atomic mass is 16.5. The van der Waals surface area contributed by atoms with Gasteiger partial charge in [-0.2, -0.15) is 0 Å². The lowest BCUT2D eigenvalue weighted by Gasteiger charge is -2.13. The van der Waals surface area contributed by atoms with Crippen molar-refractivity contribution in [1.29, 1.82) is 0 Å². The van der Waals surface area contributed by atoms with Crippen LogP contribution in [0, 0.1) is 0 Å². The minimum Gasteiger partial charge on any atom is -0.497 e. The second-order valence-electron chi connectivity index (χ2n) is 4.77. The summed E-state index contributed by atoms with van der Waals surface area (Å²) in [6.45, 7) is 1.87. The number of rotatable bonds is 7. The molecule has 0 bridgehead atoms. The minimum absolute atomic E-state index is 0.472. The second kappa shape index (κ2) is 7.24. The van der Waals surface area contributed by atoms with Crippen LogP contribution in [0.5, 0.6) is 11.5 Å². The number of methoxy groups -OCH3 is 2.